The van der Waals surface area contributed by atoms with Crippen LogP contribution in [0, 0.1) is 11.7 Å². The summed E-state index contributed by atoms with van der Waals surface area (Å²) in [5, 5.41) is 9.33. The predicted octanol–water partition coefficient (Wildman–Crippen LogP) is 0.973. The lowest BCUT2D eigenvalue weighted by molar-refractivity contribution is -0.149. The molecule has 0 bridgehead atoms. The summed E-state index contributed by atoms with van der Waals surface area (Å²) in [6, 6.07) is 3.91. The number of carbonyl (C=O) groups is 3. The van der Waals surface area contributed by atoms with Crippen LogP contribution in [0.25, 0.3) is 0 Å². The molecule has 1 aliphatic rings. The molecule has 21 heavy (non-hydrogen) atoms. The molecule has 112 valence electrons. The van der Waals surface area contributed by atoms with E-state index in [2.05, 4.69) is 4.74 Å². The molecule has 1 aliphatic heterocycles. The van der Waals surface area contributed by atoms with E-state index in [-0.39, 0.29) is 18.5 Å². The van der Waals surface area contributed by atoms with Crippen LogP contribution in [0.15, 0.2) is 24.3 Å². The first-order valence-corrected chi connectivity index (χ1v) is 6.30. The largest absolute Gasteiger partial charge is 0.479 e. The number of aliphatic carboxylic acids is 1. The van der Waals surface area contributed by atoms with Crippen molar-refractivity contribution in [1.29, 1.82) is 0 Å². The molecule has 1 aromatic rings. The van der Waals surface area contributed by atoms with E-state index in [0.29, 0.717) is 0 Å². The molecular weight excluding hydrogens is 281 g/mol. The van der Waals surface area contributed by atoms with Crippen molar-refractivity contribution in [1.82, 2.24) is 4.90 Å². The van der Waals surface area contributed by atoms with E-state index in [1.807, 2.05) is 0 Å². The van der Waals surface area contributed by atoms with Crippen LogP contribution in [0.4, 0.5) is 4.39 Å². The van der Waals surface area contributed by atoms with E-state index < -0.39 is 35.6 Å². The molecule has 0 aromatic heterocycles. The number of carbonyl (C=O) groups excluding carboxylic acids is 2. The van der Waals surface area contributed by atoms with Gasteiger partial charge in [0.25, 0.3) is 0 Å². The number of carboxylic acid groups (broad SMARTS) is 1. The van der Waals surface area contributed by atoms with Crippen LogP contribution in [0.1, 0.15) is 18.0 Å². The van der Waals surface area contributed by atoms with Gasteiger partial charge in [-0.2, -0.15) is 0 Å². The number of halogens is 1. The van der Waals surface area contributed by atoms with Crippen LogP contribution in [-0.4, -0.2) is 41.5 Å². The molecule has 1 saturated heterocycles. The number of methoxy groups -OCH3 is 1. The van der Waals surface area contributed by atoms with E-state index >= 15 is 0 Å². The minimum Gasteiger partial charge on any atom is -0.479 e. The second kappa shape index (κ2) is 5.90. The Bertz CT molecular complexity index is 588. The summed E-state index contributed by atoms with van der Waals surface area (Å²) >= 11 is 0. The number of hydrogen-bond donors (Lipinski definition) is 1. The third-order valence-electron chi connectivity index (χ3n) is 3.44. The lowest BCUT2D eigenvalue weighted by atomic mass is 10.0. The first-order valence-electron chi connectivity index (χ1n) is 6.30. The number of hydrogen-bond acceptors (Lipinski definition) is 4. The predicted molar refractivity (Wildman–Crippen MR) is 68.6 cm³/mol. The van der Waals surface area contributed by atoms with Gasteiger partial charge >= 0.3 is 11.9 Å². The van der Waals surface area contributed by atoms with Crippen molar-refractivity contribution in [2.75, 3.05) is 13.7 Å². The maximum atomic E-state index is 13.8. The summed E-state index contributed by atoms with van der Waals surface area (Å²) in [5.41, 5.74) is -0.108. The minimum atomic E-state index is -1.45. The van der Waals surface area contributed by atoms with Gasteiger partial charge < -0.3 is 14.7 Å². The monoisotopic (exact) mass is 295 g/mol. The molecule has 1 amide bonds. The maximum absolute atomic E-state index is 13.8. The zero-order valence-corrected chi connectivity index (χ0v) is 11.3. The third kappa shape index (κ3) is 2.86. The summed E-state index contributed by atoms with van der Waals surface area (Å²) in [7, 11) is 1.20. The van der Waals surface area contributed by atoms with Gasteiger partial charge in [0.1, 0.15) is 5.82 Å². The molecule has 1 heterocycles. The Morgan fingerprint density at radius 3 is 2.67 bits per heavy atom. The number of rotatable bonds is 4. The normalized spacial score (nSPS) is 19.4. The Morgan fingerprint density at radius 2 is 2.10 bits per heavy atom. The number of esters is 1. The van der Waals surface area contributed by atoms with Gasteiger partial charge in [-0.15, -0.1) is 0 Å². The van der Waals surface area contributed by atoms with Gasteiger partial charge in [0, 0.05) is 18.5 Å². The summed E-state index contributed by atoms with van der Waals surface area (Å²) in [4.78, 5) is 35.9. The van der Waals surface area contributed by atoms with Gasteiger partial charge in [0.15, 0.2) is 6.04 Å². The van der Waals surface area contributed by atoms with Gasteiger partial charge in [-0.1, -0.05) is 18.2 Å². The van der Waals surface area contributed by atoms with E-state index in [1.165, 1.54) is 25.3 Å². The minimum absolute atomic E-state index is 0.100. The number of nitrogens with zero attached hydrogens (tertiary/aromatic N) is 1. The molecule has 1 N–H and O–H groups in total. The SMILES string of the molecule is COC(=O)C1CC(=O)N(C(C(=O)O)c2ccccc2F)C1. The fourth-order valence-corrected chi connectivity index (χ4v) is 2.44. The fourth-order valence-electron chi connectivity index (χ4n) is 2.44. The van der Waals surface area contributed by atoms with Gasteiger partial charge in [-0.25, -0.2) is 9.18 Å². The van der Waals surface area contributed by atoms with E-state index in [1.54, 1.807) is 0 Å². The van der Waals surface area contributed by atoms with Gasteiger partial charge in [-0.3, -0.25) is 9.59 Å². The van der Waals surface area contributed by atoms with Crippen molar-refractivity contribution in [3.05, 3.63) is 35.6 Å². The summed E-state index contributed by atoms with van der Waals surface area (Å²) in [6.07, 6.45) is -0.134. The lowest BCUT2D eigenvalue weighted by Crippen LogP contribution is -2.36. The van der Waals surface area contributed by atoms with Crippen molar-refractivity contribution in [2.24, 2.45) is 5.92 Å². The smallest absolute Gasteiger partial charge is 0.331 e. The van der Waals surface area contributed by atoms with Gasteiger partial charge in [0.2, 0.25) is 5.91 Å². The summed E-state index contributed by atoms with van der Waals surface area (Å²) in [6.45, 7) is -0.100. The Morgan fingerprint density at radius 1 is 1.43 bits per heavy atom. The second-order valence-electron chi connectivity index (χ2n) is 4.73. The number of ether oxygens (including phenoxy) is 1. The lowest BCUT2D eigenvalue weighted by Gasteiger charge is -2.25. The van der Waals surface area contributed by atoms with Crippen LogP contribution >= 0.6 is 0 Å². The van der Waals surface area contributed by atoms with Gasteiger partial charge in [0.05, 0.1) is 13.0 Å². The highest BCUT2D eigenvalue weighted by molar-refractivity contribution is 5.90. The van der Waals surface area contributed by atoms with Crippen LogP contribution < -0.4 is 0 Å². The molecule has 2 rings (SSSR count). The standard InChI is InChI=1S/C14H14FNO5/c1-21-14(20)8-6-11(17)16(7-8)12(13(18)19)9-4-2-3-5-10(9)15/h2-5,8,12H,6-7H2,1H3,(H,18,19). The van der Waals surface area contributed by atoms with E-state index in [4.69, 9.17) is 0 Å². The zero-order chi connectivity index (χ0) is 15.6. The van der Waals surface area contributed by atoms with E-state index in [0.717, 1.165) is 11.0 Å². The molecule has 6 nitrogen and oxygen atoms in total. The third-order valence-corrected chi connectivity index (χ3v) is 3.44. The van der Waals surface area contributed by atoms with Crippen LogP contribution in [0.5, 0.6) is 0 Å². The maximum Gasteiger partial charge on any atom is 0.331 e. The van der Waals surface area contributed by atoms with Crippen molar-refractivity contribution in [2.45, 2.75) is 12.5 Å². The topological polar surface area (TPSA) is 83.9 Å². The Labute approximate surface area is 120 Å². The number of benzene rings is 1. The molecule has 0 radical (unpaired) electrons. The first-order chi connectivity index (χ1) is 9.95. The van der Waals surface area contributed by atoms with E-state index in [9.17, 15) is 23.9 Å². The van der Waals surface area contributed by atoms with Crippen molar-refractivity contribution in [3.8, 4) is 0 Å². The quantitative estimate of drug-likeness (QED) is 0.837. The van der Waals surface area contributed by atoms with Crippen molar-refractivity contribution >= 4 is 17.8 Å². The fraction of sp³-hybridized carbons (Fsp3) is 0.357. The highest BCUT2D eigenvalue weighted by Crippen LogP contribution is 2.30. The first kappa shape index (κ1) is 15.0. The molecule has 0 aliphatic carbocycles. The molecule has 1 fully saturated rings. The average molecular weight is 295 g/mol. The average Bonchev–Trinajstić information content (AvgIpc) is 2.82. The molecular formula is C14H14FNO5. The Kier molecular flexibility index (Phi) is 4.21. The molecule has 2 atom stereocenters. The Hall–Kier alpha value is -2.44. The van der Waals surface area contributed by atoms with Crippen molar-refractivity contribution in [3.63, 3.8) is 0 Å². The number of carboxylic acids is 1. The number of likely N-dealkylation sites (tertiary alicyclic amines) is 1. The highest BCUT2D eigenvalue weighted by Gasteiger charge is 2.42. The van der Waals surface area contributed by atoms with Crippen molar-refractivity contribution < 1.29 is 28.6 Å². The molecule has 1 aromatic carbocycles. The molecule has 7 heteroatoms. The summed E-state index contributed by atoms with van der Waals surface area (Å²) < 4.78 is 18.4. The van der Waals surface area contributed by atoms with Crippen LogP contribution in [0.3, 0.4) is 0 Å². The zero-order valence-electron chi connectivity index (χ0n) is 11.3. The van der Waals surface area contributed by atoms with Crippen LogP contribution in [0.2, 0.25) is 0 Å². The molecule has 0 saturated carbocycles. The second-order valence-corrected chi connectivity index (χ2v) is 4.73. The molecule has 0 spiro atoms. The van der Waals surface area contributed by atoms with Gasteiger partial charge in [-0.05, 0) is 6.07 Å². The van der Waals surface area contributed by atoms with Crippen LogP contribution in [-0.2, 0) is 19.1 Å². The molecule has 2 unspecified atom stereocenters. The number of amides is 1. The Balaban J connectivity index is 2.32. The summed E-state index contributed by atoms with van der Waals surface area (Å²) in [5.74, 6) is -3.88. The highest BCUT2D eigenvalue weighted by atomic mass is 19.1.